The van der Waals surface area contributed by atoms with E-state index in [9.17, 15) is 14.9 Å². The van der Waals surface area contributed by atoms with Crippen LogP contribution in [-0.4, -0.2) is 23.1 Å². The molecule has 5 nitrogen and oxygen atoms in total. The van der Waals surface area contributed by atoms with Crippen LogP contribution in [0.4, 0.5) is 5.69 Å². The fraction of sp³-hybridized carbons (Fsp3) is 0.188. The Morgan fingerprint density at radius 2 is 1.87 bits per heavy atom. The van der Waals surface area contributed by atoms with E-state index in [1.54, 1.807) is 11.8 Å². The Bertz CT molecular complexity index is 692. The molecule has 2 rings (SSSR count). The first-order chi connectivity index (χ1) is 11.1. The van der Waals surface area contributed by atoms with E-state index in [1.807, 2.05) is 24.3 Å². The molecule has 0 aliphatic carbocycles. The van der Waals surface area contributed by atoms with Crippen molar-refractivity contribution in [3.8, 4) is 0 Å². The lowest BCUT2D eigenvalue weighted by atomic mass is 10.2. The number of nitrogens with one attached hydrogen (secondary N) is 1. The number of thioether (sulfide) groups is 1. The van der Waals surface area contributed by atoms with Crippen LogP contribution >= 0.6 is 23.4 Å². The number of hydrogen-bond donors (Lipinski definition) is 1. The van der Waals surface area contributed by atoms with Crippen molar-refractivity contribution in [1.82, 2.24) is 5.32 Å². The molecule has 0 atom stereocenters. The average molecular weight is 351 g/mol. The predicted molar refractivity (Wildman–Crippen MR) is 93.0 cm³/mol. The van der Waals surface area contributed by atoms with Gasteiger partial charge in [0.1, 0.15) is 0 Å². The molecule has 0 radical (unpaired) electrons. The van der Waals surface area contributed by atoms with Gasteiger partial charge in [-0.2, -0.15) is 11.8 Å². The van der Waals surface area contributed by atoms with Crippen molar-refractivity contribution in [1.29, 1.82) is 0 Å². The van der Waals surface area contributed by atoms with E-state index < -0.39 is 4.92 Å². The summed E-state index contributed by atoms with van der Waals surface area (Å²) < 4.78 is 0. The standard InChI is InChI=1S/C16H15ClN2O3S/c17-15-4-2-1-3-13(15)11-23-10-9-18-16(20)12-5-7-14(8-6-12)19(21)22/h1-8H,9-11H2,(H,18,20). The van der Waals surface area contributed by atoms with Crippen LogP contribution in [0.5, 0.6) is 0 Å². The number of amides is 1. The summed E-state index contributed by atoms with van der Waals surface area (Å²) in [5, 5.41) is 14.1. The zero-order valence-corrected chi connectivity index (χ0v) is 13.8. The van der Waals surface area contributed by atoms with Crippen LogP contribution in [0.15, 0.2) is 48.5 Å². The highest BCUT2D eigenvalue weighted by Gasteiger charge is 2.08. The minimum absolute atomic E-state index is 0.0307. The van der Waals surface area contributed by atoms with E-state index in [1.165, 1.54) is 24.3 Å². The fourth-order valence-corrected chi connectivity index (χ4v) is 3.02. The lowest BCUT2D eigenvalue weighted by Gasteiger charge is -2.06. The average Bonchev–Trinajstić information content (AvgIpc) is 2.56. The molecule has 0 bridgehead atoms. The van der Waals surface area contributed by atoms with Crippen LogP contribution in [0.1, 0.15) is 15.9 Å². The number of non-ortho nitro benzene ring substituents is 1. The van der Waals surface area contributed by atoms with Crippen molar-refractivity contribution >= 4 is 35.0 Å². The number of nitro benzene ring substituents is 1. The van der Waals surface area contributed by atoms with Crippen LogP contribution in [0.3, 0.4) is 0 Å². The van der Waals surface area contributed by atoms with E-state index in [0.717, 1.165) is 22.1 Å². The molecule has 0 aliphatic heterocycles. The van der Waals surface area contributed by atoms with Gasteiger partial charge in [-0.1, -0.05) is 29.8 Å². The summed E-state index contributed by atoms with van der Waals surface area (Å²) in [5.74, 6) is 1.30. The number of hydrogen-bond acceptors (Lipinski definition) is 4. The second-order valence-electron chi connectivity index (χ2n) is 4.70. The van der Waals surface area contributed by atoms with Gasteiger partial charge in [0, 0.05) is 40.8 Å². The van der Waals surface area contributed by atoms with Gasteiger partial charge < -0.3 is 5.32 Å². The Balaban J connectivity index is 1.72. The summed E-state index contributed by atoms with van der Waals surface area (Å²) in [7, 11) is 0. The maximum Gasteiger partial charge on any atom is 0.269 e. The van der Waals surface area contributed by atoms with E-state index >= 15 is 0 Å². The third-order valence-corrected chi connectivity index (χ3v) is 4.46. The third kappa shape index (κ3) is 5.26. The van der Waals surface area contributed by atoms with Crippen molar-refractivity contribution in [2.75, 3.05) is 12.3 Å². The minimum Gasteiger partial charge on any atom is -0.351 e. The van der Waals surface area contributed by atoms with Gasteiger partial charge in [-0.3, -0.25) is 14.9 Å². The highest BCUT2D eigenvalue weighted by molar-refractivity contribution is 7.98. The monoisotopic (exact) mass is 350 g/mol. The summed E-state index contributed by atoms with van der Waals surface area (Å²) in [6.45, 7) is 0.519. The van der Waals surface area contributed by atoms with Gasteiger partial charge in [0.25, 0.3) is 11.6 Å². The first-order valence-electron chi connectivity index (χ1n) is 6.92. The van der Waals surface area contributed by atoms with E-state index in [0.29, 0.717) is 12.1 Å². The molecule has 23 heavy (non-hydrogen) atoms. The van der Waals surface area contributed by atoms with Crippen molar-refractivity contribution in [2.24, 2.45) is 0 Å². The van der Waals surface area contributed by atoms with Gasteiger partial charge in [0.15, 0.2) is 0 Å². The molecule has 0 spiro atoms. The fourth-order valence-electron chi connectivity index (χ4n) is 1.87. The smallest absolute Gasteiger partial charge is 0.269 e. The molecule has 0 heterocycles. The Hall–Kier alpha value is -2.05. The molecule has 7 heteroatoms. The number of carbonyl (C=O) groups excluding carboxylic acids is 1. The highest BCUT2D eigenvalue weighted by Crippen LogP contribution is 2.20. The summed E-state index contributed by atoms with van der Waals surface area (Å²) >= 11 is 7.75. The molecule has 0 unspecified atom stereocenters. The number of halogens is 1. The lowest BCUT2D eigenvalue weighted by Crippen LogP contribution is -2.25. The molecule has 2 aromatic rings. The van der Waals surface area contributed by atoms with E-state index in [4.69, 9.17) is 11.6 Å². The zero-order chi connectivity index (χ0) is 16.7. The maximum absolute atomic E-state index is 11.9. The van der Waals surface area contributed by atoms with Gasteiger partial charge in [0.2, 0.25) is 0 Å². The van der Waals surface area contributed by atoms with Crippen molar-refractivity contribution in [2.45, 2.75) is 5.75 Å². The highest BCUT2D eigenvalue weighted by atomic mass is 35.5. The Morgan fingerprint density at radius 1 is 1.17 bits per heavy atom. The van der Waals surface area contributed by atoms with Crippen LogP contribution in [0.2, 0.25) is 5.02 Å². The normalized spacial score (nSPS) is 10.3. The van der Waals surface area contributed by atoms with E-state index in [2.05, 4.69) is 5.32 Å². The molecule has 0 aromatic heterocycles. The molecule has 0 saturated carbocycles. The van der Waals surface area contributed by atoms with Gasteiger partial charge >= 0.3 is 0 Å². The number of benzene rings is 2. The summed E-state index contributed by atoms with van der Waals surface area (Å²) in [6, 6.07) is 13.2. The number of nitrogens with zero attached hydrogens (tertiary/aromatic N) is 1. The maximum atomic E-state index is 11.9. The molecule has 0 saturated heterocycles. The molecule has 2 aromatic carbocycles. The summed E-state index contributed by atoms with van der Waals surface area (Å²) in [6.07, 6.45) is 0. The topological polar surface area (TPSA) is 72.2 Å². The number of nitro groups is 1. The Labute approximate surface area is 143 Å². The molecule has 1 N–H and O–H groups in total. The minimum atomic E-state index is -0.493. The van der Waals surface area contributed by atoms with Gasteiger partial charge in [-0.15, -0.1) is 0 Å². The lowest BCUT2D eigenvalue weighted by molar-refractivity contribution is -0.384. The van der Waals surface area contributed by atoms with Gasteiger partial charge in [-0.05, 0) is 23.8 Å². The molecular formula is C16H15ClN2O3S. The Kier molecular flexibility index (Phi) is 6.43. The third-order valence-electron chi connectivity index (χ3n) is 3.09. The number of carbonyl (C=O) groups is 1. The first kappa shape index (κ1) is 17.3. The Morgan fingerprint density at radius 3 is 2.52 bits per heavy atom. The molecule has 0 fully saturated rings. The number of rotatable bonds is 7. The summed E-state index contributed by atoms with van der Waals surface area (Å²) in [4.78, 5) is 22.0. The van der Waals surface area contributed by atoms with Gasteiger partial charge in [-0.25, -0.2) is 0 Å². The molecular weight excluding hydrogens is 336 g/mol. The first-order valence-corrected chi connectivity index (χ1v) is 8.45. The quantitative estimate of drug-likeness (QED) is 0.467. The van der Waals surface area contributed by atoms with Crippen molar-refractivity contribution in [3.63, 3.8) is 0 Å². The summed E-state index contributed by atoms with van der Waals surface area (Å²) in [5.41, 5.74) is 1.45. The molecule has 1 amide bonds. The second kappa shape index (κ2) is 8.55. The van der Waals surface area contributed by atoms with Crippen LogP contribution < -0.4 is 5.32 Å². The second-order valence-corrected chi connectivity index (χ2v) is 6.22. The zero-order valence-electron chi connectivity index (χ0n) is 12.2. The van der Waals surface area contributed by atoms with Gasteiger partial charge in [0.05, 0.1) is 4.92 Å². The molecule has 120 valence electrons. The van der Waals surface area contributed by atoms with Crippen molar-refractivity contribution in [3.05, 3.63) is 74.8 Å². The van der Waals surface area contributed by atoms with Crippen LogP contribution in [-0.2, 0) is 5.75 Å². The van der Waals surface area contributed by atoms with Crippen LogP contribution in [0, 0.1) is 10.1 Å². The van der Waals surface area contributed by atoms with E-state index in [-0.39, 0.29) is 11.6 Å². The van der Waals surface area contributed by atoms with Crippen molar-refractivity contribution < 1.29 is 9.72 Å². The largest absolute Gasteiger partial charge is 0.351 e. The van der Waals surface area contributed by atoms with Crippen LogP contribution in [0.25, 0.3) is 0 Å². The SMILES string of the molecule is O=C(NCCSCc1ccccc1Cl)c1ccc([N+](=O)[O-])cc1. The molecule has 0 aliphatic rings. The predicted octanol–water partition coefficient (Wildman–Crippen LogP) is 3.91.